The van der Waals surface area contributed by atoms with E-state index in [1.165, 1.54) is 17.3 Å². The summed E-state index contributed by atoms with van der Waals surface area (Å²) in [6, 6.07) is 5.40. The zero-order valence-electron chi connectivity index (χ0n) is 18.6. The van der Waals surface area contributed by atoms with Gasteiger partial charge in [-0.15, -0.1) is 0 Å². The maximum absolute atomic E-state index is 13.1. The molecule has 178 valence electrons. The summed E-state index contributed by atoms with van der Waals surface area (Å²) < 4.78 is 19.1. The molecule has 1 aromatic carbocycles. The number of nitrogens with zero attached hydrogens (tertiary/aromatic N) is 5. The molecule has 4 rings (SSSR count). The van der Waals surface area contributed by atoms with E-state index in [0.717, 1.165) is 5.56 Å². The van der Waals surface area contributed by atoms with Gasteiger partial charge in [0.2, 0.25) is 11.8 Å². The van der Waals surface area contributed by atoms with Crippen molar-refractivity contribution < 1.29 is 23.8 Å². The Balaban J connectivity index is 1.49. The van der Waals surface area contributed by atoms with E-state index in [0.29, 0.717) is 50.2 Å². The number of halogens is 1. The molecule has 2 saturated heterocycles. The van der Waals surface area contributed by atoms with Crippen LogP contribution in [0.15, 0.2) is 30.9 Å². The Morgan fingerprint density at radius 2 is 1.94 bits per heavy atom. The van der Waals surface area contributed by atoms with E-state index in [4.69, 9.17) is 25.8 Å². The highest BCUT2D eigenvalue weighted by Gasteiger charge is 2.42. The van der Waals surface area contributed by atoms with E-state index in [1.807, 2.05) is 13.0 Å². The highest BCUT2D eigenvalue weighted by molar-refractivity contribution is 6.31. The van der Waals surface area contributed by atoms with Crippen molar-refractivity contribution in [2.24, 2.45) is 0 Å². The van der Waals surface area contributed by atoms with Crippen molar-refractivity contribution in [3.05, 3.63) is 41.4 Å². The molecule has 2 aliphatic heterocycles. The average molecular weight is 478 g/mol. The van der Waals surface area contributed by atoms with E-state index < -0.39 is 5.60 Å². The zero-order valence-corrected chi connectivity index (χ0v) is 19.4. The average Bonchev–Trinajstić information content (AvgIpc) is 3.34. The van der Waals surface area contributed by atoms with Crippen molar-refractivity contribution in [2.45, 2.75) is 25.5 Å². The topological polar surface area (TPSA) is 99.0 Å². The minimum Gasteiger partial charge on any atom is -0.490 e. The SMILES string of the molecule is Cc1cc(OC[C@]2(CC(=O)N3CCOCC3)CN(C(=O)Cn3cncn3)CCO2)ccc1Cl. The minimum absolute atomic E-state index is 0.0419. The molecule has 0 aliphatic carbocycles. The smallest absolute Gasteiger partial charge is 0.244 e. The zero-order chi connectivity index (χ0) is 23.3. The van der Waals surface area contributed by atoms with Crippen molar-refractivity contribution in [1.82, 2.24) is 24.6 Å². The predicted molar refractivity (Wildman–Crippen MR) is 119 cm³/mol. The number of aryl methyl sites for hydroxylation is 1. The Morgan fingerprint density at radius 3 is 2.67 bits per heavy atom. The molecular weight excluding hydrogens is 450 g/mol. The number of morpholine rings is 2. The molecule has 1 aromatic heterocycles. The summed E-state index contributed by atoms with van der Waals surface area (Å²) in [6.45, 7) is 5.19. The number of benzene rings is 1. The molecule has 0 radical (unpaired) electrons. The van der Waals surface area contributed by atoms with Gasteiger partial charge in [0.1, 0.15) is 37.2 Å². The first-order valence-corrected chi connectivity index (χ1v) is 11.3. The maximum Gasteiger partial charge on any atom is 0.244 e. The largest absolute Gasteiger partial charge is 0.490 e. The summed E-state index contributed by atoms with van der Waals surface area (Å²) in [5.74, 6) is 0.471. The Bertz CT molecular complexity index is 966. The number of carbonyl (C=O) groups excluding carboxylic acids is 2. The van der Waals surface area contributed by atoms with Gasteiger partial charge in [-0.3, -0.25) is 9.59 Å². The standard InChI is InChI=1S/C22H28ClN5O5/c1-17-10-18(2-3-19(17)23)32-14-22(11-20(29)26-4-7-31-8-5-26)13-27(6-9-33-22)21(30)12-28-16-24-15-25-28/h2-3,10,15-16H,4-9,11-14H2,1H3/t22-/m0/s1. The van der Waals surface area contributed by atoms with Crippen molar-refractivity contribution in [2.75, 3.05) is 52.6 Å². The molecule has 0 bridgehead atoms. The van der Waals surface area contributed by atoms with Gasteiger partial charge in [-0.1, -0.05) is 11.6 Å². The van der Waals surface area contributed by atoms with Gasteiger partial charge in [0.15, 0.2) is 0 Å². The fourth-order valence-corrected chi connectivity index (χ4v) is 4.10. The van der Waals surface area contributed by atoms with Crippen LogP contribution in [-0.4, -0.2) is 94.6 Å². The number of ether oxygens (including phenoxy) is 3. The van der Waals surface area contributed by atoms with E-state index in [-0.39, 0.29) is 37.9 Å². The molecule has 33 heavy (non-hydrogen) atoms. The van der Waals surface area contributed by atoms with Crippen LogP contribution in [0.2, 0.25) is 5.02 Å². The third kappa shape index (κ3) is 6.01. The van der Waals surface area contributed by atoms with Crippen LogP contribution in [0.3, 0.4) is 0 Å². The fraction of sp³-hybridized carbons (Fsp3) is 0.545. The molecule has 2 aromatic rings. The first kappa shape index (κ1) is 23.5. The molecule has 0 N–H and O–H groups in total. The van der Waals surface area contributed by atoms with Gasteiger partial charge < -0.3 is 24.0 Å². The lowest BCUT2D eigenvalue weighted by Crippen LogP contribution is -2.59. The van der Waals surface area contributed by atoms with E-state index in [2.05, 4.69) is 10.1 Å². The van der Waals surface area contributed by atoms with Crippen molar-refractivity contribution in [1.29, 1.82) is 0 Å². The van der Waals surface area contributed by atoms with Crippen LogP contribution >= 0.6 is 11.6 Å². The Hall–Kier alpha value is -2.69. The number of hydrogen-bond acceptors (Lipinski definition) is 7. The van der Waals surface area contributed by atoms with Crippen LogP contribution in [0.4, 0.5) is 0 Å². The lowest BCUT2D eigenvalue weighted by Gasteiger charge is -2.43. The Kier molecular flexibility index (Phi) is 7.46. The first-order chi connectivity index (χ1) is 15.9. The van der Waals surface area contributed by atoms with Gasteiger partial charge in [-0.05, 0) is 30.7 Å². The van der Waals surface area contributed by atoms with Crippen LogP contribution in [0.25, 0.3) is 0 Å². The Morgan fingerprint density at radius 1 is 1.15 bits per heavy atom. The summed E-state index contributed by atoms with van der Waals surface area (Å²) in [5, 5.41) is 4.66. The van der Waals surface area contributed by atoms with Crippen molar-refractivity contribution in [3.63, 3.8) is 0 Å². The second-order valence-electron chi connectivity index (χ2n) is 8.31. The molecule has 0 saturated carbocycles. The third-order valence-corrected chi connectivity index (χ3v) is 6.26. The van der Waals surface area contributed by atoms with Crippen LogP contribution < -0.4 is 4.74 Å². The van der Waals surface area contributed by atoms with Crippen LogP contribution in [-0.2, 0) is 25.6 Å². The second-order valence-corrected chi connectivity index (χ2v) is 8.72. The molecule has 1 atom stereocenters. The van der Waals surface area contributed by atoms with E-state index in [9.17, 15) is 9.59 Å². The molecule has 3 heterocycles. The molecule has 10 nitrogen and oxygen atoms in total. The van der Waals surface area contributed by atoms with E-state index in [1.54, 1.807) is 21.9 Å². The number of carbonyl (C=O) groups is 2. The summed E-state index contributed by atoms with van der Waals surface area (Å²) in [4.78, 5) is 33.4. The highest BCUT2D eigenvalue weighted by atomic mass is 35.5. The van der Waals surface area contributed by atoms with Crippen molar-refractivity contribution in [3.8, 4) is 5.75 Å². The Labute approximate surface area is 197 Å². The van der Waals surface area contributed by atoms with Gasteiger partial charge >= 0.3 is 0 Å². The van der Waals surface area contributed by atoms with Gasteiger partial charge in [0.25, 0.3) is 0 Å². The number of hydrogen-bond donors (Lipinski definition) is 0. The predicted octanol–water partition coefficient (Wildman–Crippen LogP) is 1.17. The minimum atomic E-state index is -0.973. The molecule has 0 spiro atoms. The van der Waals surface area contributed by atoms with Gasteiger partial charge in [0, 0.05) is 24.7 Å². The van der Waals surface area contributed by atoms with Crippen molar-refractivity contribution >= 4 is 23.4 Å². The van der Waals surface area contributed by atoms with Gasteiger partial charge in [-0.25, -0.2) is 9.67 Å². The molecule has 2 fully saturated rings. The highest BCUT2D eigenvalue weighted by Crippen LogP contribution is 2.27. The maximum atomic E-state index is 13.1. The monoisotopic (exact) mass is 477 g/mol. The number of amides is 2. The number of aromatic nitrogens is 3. The summed E-state index contributed by atoms with van der Waals surface area (Å²) in [5.41, 5.74) is -0.0824. The fourth-order valence-electron chi connectivity index (χ4n) is 3.98. The first-order valence-electron chi connectivity index (χ1n) is 10.9. The molecule has 0 unspecified atom stereocenters. The third-order valence-electron chi connectivity index (χ3n) is 5.83. The van der Waals surface area contributed by atoms with Gasteiger partial charge in [-0.2, -0.15) is 5.10 Å². The molecule has 2 aliphatic rings. The van der Waals surface area contributed by atoms with Crippen LogP contribution in [0.1, 0.15) is 12.0 Å². The van der Waals surface area contributed by atoms with Crippen LogP contribution in [0.5, 0.6) is 5.75 Å². The normalized spacial score (nSPS) is 21.2. The lowest BCUT2D eigenvalue weighted by molar-refractivity contribution is -0.167. The lowest BCUT2D eigenvalue weighted by atomic mass is 9.96. The van der Waals surface area contributed by atoms with E-state index >= 15 is 0 Å². The summed E-state index contributed by atoms with van der Waals surface area (Å²) >= 11 is 6.13. The van der Waals surface area contributed by atoms with Gasteiger partial charge in [0.05, 0.1) is 32.8 Å². The summed E-state index contributed by atoms with van der Waals surface area (Å²) in [7, 11) is 0. The quantitative estimate of drug-likeness (QED) is 0.590. The molecular formula is C22H28ClN5O5. The number of rotatable bonds is 7. The molecule has 2 amide bonds. The molecule has 11 heteroatoms. The van der Waals surface area contributed by atoms with Crippen LogP contribution in [0, 0.1) is 6.92 Å². The second kappa shape index (κ2) is 10.5. The summed E-state index contributed by atoms with van der Waals surface area (Å²) in [6.07, 6.45) is 2.99.